The van der Waals surface area contributed by atoms with Crippen molar-refractivity contribution < 1.29 is 19.8 Å². The van der Waals surface area contributed by atoms with Gasteiger partial charge >= 0.3 is 11.9 Å². The lowest BCUT2D eigenvalue weighted by atomic mass is 10.1. The van der Waals surface area contributed by atoms with Crippen LogP contribution in [0.3, 0.4) is 0 Å². The van der Waals surface area contributed by atoms with Crippen molar-refractivity contribution in [3.63, 3.8) is 0 Å². The fourth-order valence-electron chi connectivity index (χ4n) is 1.81. The molecule has 0 bridgehead atoms. The molecule has 1 heterocycles. The van der Waals surface area contributed by atoms with Crippen molar-refractivity contribution in [1.29, 1.82) is 0 Å². The molecule has 0 radical (unpaired) electrons. The van der Waals surface area contributed by atoms with Gasteiger partial charge in [0.05, 0.1) is 5.52 Å². The van der Waals surface area contributed by atoms with Crippen LogP contribution in [0.25, 0.3) is 10.9 Å². The number of hydrogen-bond donors (Lipinski definition) is 3. The average Bonchev–Trinajstić information content (AvgIpc) is 2.43. The zero-order chi connectivity index (χ0) is 14.5. The number of carboxylic acid groups (broad SMARTS) is 2. The standard InChI is InChI=1S/C13H13N3O4/c17-11(18)6-5-10(13(19)20)16-12-8-3-1-2-4-9(8)14-7-15-12/h1-4,7,10H,5-6H2,(H,17,18)(H,19,20)(H,14,15,16)/t10-/m0/s1. The summed E-state index contributed by atoms with van der Waals surface area (Å²) in [6, 6.07) is 6.16. The van der Waals surface area contributed by atoms with Crippen LogP contribution in [-0.4, -0.2) is 38.2 Å². The molecule has 0 saturated carbocycles. The third-order valence-electron chi connectivity index (χ3n) is 2.80. The van der Waals surface area contributed by atoms with Crippen molar-refractivity contribution in [3.05, 3.63) is 30.6 Å². The van der Waals surface area contributed by atoms with E-state index in [1.54, 1.807) is 18.2 Å². The zero-order valence-corrected chi connectivity index (χ0v) is 10.5. The lowest BCUT2D eigenvalue weighted by Gasteiger charge is -2.15. The predicted octanol–water partition coefficient (Wildman–Crippen LogP) is 1.36. The largest absolute Gasteiger partial charge is 0.481 e. The Labute approximate surface area is 114 Å². The number of carbonyl (C=O) groups is 2. The summed E-state index contributed by atoms with van der Waals surface area (Å²) >= 11 is 0. The first-order valence-electron chi connectivity index (χ1n) is 5.99. The predicted molar refractivity (Wildman–Crippen MR) is 71.5 cm³/mol. The molecule has 0 aliphatic rings. The number of aliphatic carboxylic acids is 2. The highest BCUT2D eigenvalue weighted by atomic mass is 16.4. The highest BCUT2D eigenvalue weighted by Crippen LogP contribution is 2.19. The van der Waals surface area contributed by atoms with Crippen molar-refractivity contribution in [2.75, 3.05) is 5.32 Å². The number of nitrogens with one attached hydrogen (secondary N) is 1. The summed E-state index contributed by atoms with van der Waals surface area (Å²) in [5, 5.41) is 21.2. The van der Waals surface area contributed by atoms with Gasteiger partial charge < -0.3 is 15.5 Å². The Bertz CT molecular complexity index is 639. The van der Waals surface area contributed by atoms with Crippen molar-refractivity contribution in [1.82, 2.24) is 9.97 Å². The first-order valence-corrected chi connectivity index (χ1v) is 5.99. The molecule has 0 unspecified atom stereocenters. The number of anilines is 1. The van der Waals surface area contributed by atoms with Gasteiger partial charge in [0.15, 0.2) is 0 Å². The van der Waals surface area contributed by atoms with Crippen LogP contribution < -0.4 is 5.32 Å². The molecule has 1 atom stereocenters. The van der Waals surface area contributed by atoms with E-state index >= 15 is 0 Å². The van der Waals surface area contributed by atoms with E-state index in [0.29, 0.717) is 16.7 Å². The maximum atomic E-state index is 11.2. The normalized spacial score (nSPS) is 12.0. The third kappa shape index (κ3) is 3.19. The van der Waals surface area contributed by atoms with Gasteiger partial charge in [-0.2, -0.15) is 0 Å². The minimum atomic E-state index is -1.12. The zero-order valence-electron chi connectivity index (χ0n) is 10.5. The Morgan fingerprint density at radius 2 is 1.95 bits per heavy atom. The smallest absolute Gasteiger partial charge is 0.326 e. The highest BCUT2D eigenvalue weighted by Gasteiger charge is 2.19. The fourth-order valence-corrected chi connectivity index (χ4v) is 1.81. The van der Waals surface area contributed by atoms with Crippen LogP contribution in [0.4, 0.5) is 5.82 Å². The second-order valence-electron chi connectivity index (χ2n) is 4.21. The fraction of sp³-hybridized carbons (Fsp3) is 0.231. The number of nitrogens with zero attached hydrogens (tertiary/aromatic N) is 2. The molecule has 0 spiro atoms. The van der Waals surface area contributed by atoms with Crippen LogP contribution in [0.5, 0.6) is 0 Å². The van der Waals surface area contributed by atoms with E-state index in [9.17, 15) is 9.59 Å². The maximum absolute atomic E-state index is 11.2. The van der Waals surface area contributed by atoms with Gasteiger partial charge in [-0.3, -0.25) is 4.79 Å². The lowest BCUT2D eigenvalue weighted by Crippen LogP contribution is -2.30. The molecule has 104 valence electrons. The number of fused-ring (bicyclic) bond motifs is 1. The summed E-state index contributed by atoms with van der Waals surface area (Å²) in [7, 11) is 0. The average molecular weight is 275 g/mol. The Morgan fingerprint density at radius 3 is 2.65 bits per heavy atom. The molecule has 7 heteroatoms. The van der Waals surface area contributed by atoms with E-state index < -0.39 is 18.0 Å². The summed E-state index contributed by atoms with van der Waals surface area (Å²) in [5.74, 6) is -1.77. The van der Waals surface area contributed by atoms with Gasteiger partial charge in [-0.1, -0.05) is 12.1 Å². The SMILES string of the molecule is O=C(O)CC[C@H](Nc1ncnc2ccccc12)C(=O)O. The van der Waals surface area contributed by atoms with Crippen LogP contribution in [0.1, 0.15) is 12.8 Å². The number of hydrogen-bond acceptors (Lipinski definition) is 5. The van der Waals surface area contributed by atoms with Crippen LogP contribution in [0.2, 0.25) is 0 Å². The Hall–Kier alpha value is -2.70. The van der Waals surface area contributed by atoms with Crippen LogP contribution in [0.15, 0.2) is 30.6 Å². The summed E-state index contributed by atoms with van der Waals surface area (Å²) in [5.41, 5.74) is 0.687. The van der Waals surface area contributed by atoms with Gasteiger partial charge in [0, 0.05) is 11.8 Å². The van der Waals surface area contributed by atoms with Crippen LogP contribution >= 0.6 is 0 Å². The quantitative estimate of drug-likeness (QED) is 0.729. The first-order chi connectivity index (χ1) is 9.58. The van der Waals surface area contributed by atoms with E-state index in [4.69, 9.17) is 10.2 Å². The number of carboxylic acids is 2. The molecule has 2 aromatic rings. The molecule has 0 amide bonds. The summed E-state index contributed by atoms with van der Waals surface area (Å²) in [4.78, 5) is 29.8. The molecular formula is C13H13N3O4. The first kappa shape index (κ1) is 13.7. The van der Waals surface area contributed by atoms with Crippen molar-refractivity contribution in [2.24, 2.45) is 0 Å². The molecule has 0 saturated heterocycles. The maximum Gasteiger partial charge on any atom is 0.326 e. The Balaban J connectivity index is 2.24. The van der Waals surface area contributed by atoms with Crippen molar-refractivity contribution >= 4 is 28.7 Å². The monoisotopic (exact) mass is 275 g/mol. The van der Waals surface area contributed by atoms with E-state index in [-0.39, 0.29) is 12.8 Å². The lowest BCUT2D eigenvalue weighted by molar-refractivity contribution is -0.139. The number of benzene rings is 1. The van der Waals surface area contributed by atoms with Gasteiger partial charge in [-0.15, -0.1) is 0 Å². The van der Waals surface area contributed by atoms with E-state index in [1.807, 2.05) is 6.07 Å². The molecule has 1 aromatic carbocycles. The molecule has 20 heavy (non-hydrogen) atoms. The van der Waals surface area contributed by atoms with Crippen molar-refractivity contribution in [2.45, 2.75) is 18.9 Å². The van der Waals surface area contributed by atoms with E-state index in [0.717, 1.165) is 0 Å². The minimum absolute atomic E-state index is 0.0248. The minimum Gasteiger partial charge on any atom is -0.481 e. The Kier molecular flexibility index (Phi) is 4.09. The molecule has 7 nitrogen and oxygen atoms in total. The van der Waals surface area contributed by atoms with Gasteiger partial charge in [-0.05, 0) is 18.6 Å². The van der Waals surface area contributed by atoms with Gasteiger partial charge in [0.1, 0.15) is 18.2 Å². The summed E-state index contributed by atoms with van der Waals surface area (Å²) in [6.45, 7) is 0. The van der Waals surface area contributed by atoms with E-state index in [1.165, 1.54) is 6.33 Å². The molecule has 2 rings (SSSR count). The molecule has 1 aromatic heterocycles. The molecule has 0 aliphatic carbocycles. The van der Waals surface area contributed by atoms with Crippen molar-refractivity contribution in [3.8, 4) is 0 Å². The number of para-hydroxylation sites is 1. The van der Waals surface area contributed by atoms with Gasteiger partial charge in [0.2, 0.25) is 0 Å². The molecule has 0 aliphatic heterocycles. The van der Waals surface area contributed by atoms with Crippen LogP contribution in [0, 0.1) is 0 Å². The molecule has 3 N–H and O–H groups in total. The third-order valence-corrected chi connectivity index (χ3v) is 2.80. The Morgan fingerprint density at radius 1 is 1.20 bits per heavy atom. The van der Waals surface area contributed by atoms with E-state index in [2.05, 4.69) is 15.3 Å². The second-order valence-corrected chi connectivity index (χ2v) is 4.21. The second kappa shape index (κ2) is 5.96. The number of rotatable bonds is 6. The molecule has 0 fully saturated rings. The van der Waals surface area contributed by atoms with Crippen LogP contribution in [-0.2, 0) is 9.59 Å². The topological polar surface area (TPSA) is 112 Å². The summed E-state index contributed by atoms with van der Waals surface area (Å²) < 4.78 is 0. The van der Waals surface area contributed by atoms with Gasteiger partial charge in [0.25, 0.3) is 0 Å². The van der Waals surface area contributed by atoms with Gasteiger partial charge in [-0.25, -0.2) is 14.8 Å². The number of aromatic nitrogens is 2. The molecular weight excluding hydrogens is 262 g/mol. The highest BCUT2D eigenvalue weighted by molar-refractivity contribution is 5.90. The summed E-state index contributed by atoms with van der Waals surface area (Å²) in [6.07, 6.45) is 1.08.